The molecule has 0 unspecified atom stereocenters. The lowest BCUT2D eigenvalue weighted by Gasteiger charge is -2.09. The molecule has 0 aromatic carbocycles. The van der Waals surface area contributed by atoms with E-state index < -0.39 is 5.97 Å². The second-order valence-corrected chi connectivity index (χ2v) is 4.37. The number of rotatable bonds is 4. The molecule has 0 aliphatic rings. The molecule has 0 amide bonds. The zero-order valence-electron chi connectivity index (χ0n) is 9.93. The summed E-state index contributed by atoms with van der Waals surface area (Å²) in [6.07, 6.45) is 1.77. The van der Waals surface area contributed by atoms with E-state index in [0.29, 0.717) is 5.69 Å². The molecule has 2 heterocycles. The van der Waals surface area contributed by atoms with Crippen LogP contribution >= 0.6 is 0 Å². The zero-order valence-corrected chi connectivity index (χ0v) is 9.93. The van der Waals surface area contributed by atoms with Crippen LogP contribution in [-0.2, 0) is 17.8 Å². The van der Waals surface area contributed by atoms with Crippen LogP contribution in [0.3, 0.4) is 0 Å². The quantitative estimate of drug-likeness (QED) is 0.682. The average molecular weight is 233 g/mol. The highest BCUT2D eigenvalue weighted by Crippen LogP contribution is 2.12. The van der Waals surface area contributed by atoms with Crippen molar-refractivity contribution in [3.8, 4) is 0 Å². The molecule has 2 aromatic rings. The van der Waals surface area contributed by atoms with E-state index in [1.807, 2.05) is 42.9 Å². The van der Waals surface area contributed by atoms with Crippen LogP contribution in [0, 0.1) is 0 Å². The van der Waals surface area contributed by atoms with Crippen LogP contribution in [0.15, 0.2) is 24.4 Å². The molecule has 5 heteroatoms. The van der Waals surface area contributed by atoms with E-state index in [1.165, 1.54) is 4.90 Å². The molecule has 0 spiro atoms. The maximum Gasteiger partial charge on any atom is 0.137 e. The molecule has 1 N–H and O–H groups in total. The van der Waals surface area contributed by atoms with Crippen LogP contribution in [-0.4, -0.2) is 29.4 Å². The number of nitrogens with zero attached hydrogens (tertiary/aromatic N) is 2. The van der Waals surface area contributed by atoms with Crippen LogP contribution in [0.25, 0.3) is 5.65 Å². The Bertz CT molecular complexity index is 546. The number of aliphatic carboxylic acids is 1. The van der Waals surface area contributed by atoms with Gasteiger partial charge in [-0.15, -0.1) is 0 Å². The minimum absolute atomic E-state index is 0.135. The fraction of sp³-hybridized carbons (Fsp3) is 0.333. The first kappa shape index (κ1) is 11.6. The number of carboxylic acid groups (broad SMARTS) is 1. The topological polar surface area (TPSA) is 61.9 Å². The highest BCUT2D eigenvalue weighted by Gasteiger charge is 2.14. The molecule has 0 aliphatic carbocycles. The van der Waals surface area contributed by atoms with Crippen molar-refractivity contribution in [2.24, 2.45) is 0 Å². The van der Waals surface area contributed by atoms with Crippen molar-refractivity contribution in [1.82, 2.24) is 9.38 Å². The summed E-state index contributed by atoms with van der Waals surface area (Å²) in [6.45, 7) is 0.730. The summed E-state index contributed by atoms with van der Waals surface area (Å²) >= 11 is 0. The molecule has 2 aromatic heterocycles. The van der Waals surface area contributed by atoms with E-state index >= 15 is 0 Å². The first-order valence-electron chi connectivity index (χ1n) is 5.51. The number of carboxylic acids is 1. The Balaban J connectivity index is 2.52. The van der Waals surface area contributed by atoms with Gasteiger partial charge < -0.3 is 14.8 Å². The Labute approximate surface area is 99.3 Å². The van der Waals surface area contributed by atoms with Crippen LogP contribution in [0.4, 0.5) is 0 Å². The van der Waals surface area contributed by atoms with E-state index in [2.05, 4.69) is 4.98 Å². The van der Waals surface area contributed by atoms with Crippen molar-refractivity contribution in [3.63, 3.8) is 0 Å². The monoisotopic (exact) mass is 233 g/mol. The summed E-state index contributed by atoms with van der Waals surface area (Å²) in [5, 5.41) is 10.7. The third-order valence-corrected chi connectivity index (χ3v) is 2.54. The summed E-state index contributed by atoms with van der Waals surface area (Å²) < 4.78 is 1.94. The number of imidazole rings is 1. The van der Waals surface area contributed by atoms with Crippen molar-refractivity contribution in [3.05, 3.63) is 35.8 Å². The number of aromatic nitrogens is 2. The smallest absolute Gasteiger partial charge is 0.137 e. The molecular formula is C12H15N3O2. The summed E-state index contributed by atoms with van der Waals surface area (Å²) in [4.78, 5) is 16.3. The van der Waals surface area contributed by atoms with Gasteiger partial charge in [0.05, 0.1) is 19.8 Å². The molecule has 5 nitrogen and oxygen atoms in total. The molecule has 0 saturated heterocycles. The number of hydrogen-bond acceptors (Lipinski definition) is 3. The normalized spacial score (nSPS) is 11.2. The van der Waals surface area contributed by atoms with E-state index in [-0.39, 0.29) is 6.42 Å². The molecule has 90 valence electrons. The Kier molecular flexibility index (Phi) is 3.10. The predicted molar refractivity (Wildman–Crippen MR) is 60.4 cm³/mol. The Morgan fingerprint density at radius 2 is 2.24 bits per heavy atom. The van der Waals surface area contributed by atoms with E-state index in [0.717, 1.165) is 17.9 Å². The minimum atomic E-state index is -1.09. The van der Waals surface area contributed by atoms with Crippen molar-refractivity contribution in [1.29, 1.82) is 0 Å². The van der Waals surface area contributed by atoms with Crippen LogP contribution in [0.1, 0.15) is 11.4 Å². The number of carbonyl (C=O) groups excluding carboxylic acids is 1. The number of pyridine rings is 1. The van der Waals surface area contributed by atoms with Crippen molar-refractivity contribution >= 4 is 11.6 Å². The molecule has 0 atom stereocenters. The maximum atomic E-state index is 10.7. The van der Waals surface area contributed by atoms with Crippen LogP contribution in [0.2, 0.25) is 0 Å². The van der Waals surface area contributed by atoms with Gasteiger partial charge >= 0.3 is 0 Å². The lowest BCUT2D eigenvalue weighted by Crippen LogP contribution is -3.04. The molecule has 0 saturated carbocycles. The maximum absolute atomic E-state index is 10.7. The standard InChI is InChI=1S/C12H15N3O2/c1-14(2)8-10-9(7-12(16)17)13-11-5-3-4-6-15(10)11/h3-6H,7-8H2,1-2H3,(H,16,17). The predicted octanol–water partition coefficient (Wildman–Crippen LogP) is -1.73. The van der Waals surface area contributed by atoms with Gasteiger partial charge in [0.2, 0.25) is 0 Å². The summed E-state index contributed by atoms with van der Waals surface area (Å²) in [5.74, 6) is -1.09. The SMILES string of the molecule is C[NH+](C)Cc1c(CC(=O)[O-])nc2ccccn12. The van der Waals surface area contributed by atoms with E-state index in [9.17, 15) is 9.90 Å². The van der Waals surface area contributed by atoms with Gasteiger partial charge in [-0.3, -0.25) is 4.40 Å². The Morgan fingerprint density at radius 3 is 2.88 bits per heavy atom. The van der Waals surface area contributed by atoms with Gasteiger partial charge in [0.1, 0.15) is 17.9 Å². The van der Waals surface area contributed by atoms with E-state index in [4.69, 9.17) is 0 Å². The molecule has 17 heavy (non-hydrogen) atoms. The molecule has 2 rings (SSSR count). The van der Waals surface area contributed by atoms with Gasteiger partial charge in [-0.25, -0.2) is 4.98 Å². The number of hydrogen-bond donors (Lipinski definition) is 1. The Hall–Kier alpha value is -1.88. The highest BCUT2D eigenvalue weighted by atomic mass is 16.4. The van der Waals surface area contributed by atoms with Gasteiger partial charge in [-0.1, -0.05) is 6.07 Å². The molecule has 0 aliphatic heterocycles. The number of quaternary nitrogens is 1. The second-order valence-electron chi connectivity index (χ2n) is 4.37. The van der Waals surface area contributed by atoms with E-state index in [1.54, 1.807) is 0 Å². The fourth-order valence-corrected chi connectivity index (χ4v) is 1.90. The van der Waals surface area contributed by atoms with Crippen molar-refractivity contribution < 1.29 is 14.8 Å². The second kappa shape index (κ2) is 4.55. The minimum Gasteiger partial charge on any atom is -0.550 e. The zero-order chi connectivity index (χ0) is 12.4. The third kappa shape index (κ3) is 2.45. The van der Waals surface area contributed by atoms with Gasteiger partial charge in [0.25, 0.3) is 0 Å². The molecular weight excluding hydrogens is 218 g/mol. The first-order chi connectivity index (χ1) is 8.08. The van der Waals surface area contributed by atoms with Gasteiger partial charge in [-0.05, 0) is 12.1 Å². The first-order valence-corrected chi connectivity index (χ1v) is 5.51. The van der Waals surface area contributed by atoms with Crippen LogP contribution in [0.5, 0.6) is 0 Å². The average Bonchev–Trinajstić information content (AvgIpc) is 2.55. The highest BCUT2D eigenvalue weighted by molar-refractivity contribution is 5.68. The number of fused-ring (bicyclic) bond motifs is 1. The van der Waals surface area contributed by atoms with Crippen molar-refractivity contribution in [2.75, 3.05) is 14.1 Å². The molecule has 0 radical (unpaired) electrons. The van der Waals surface area contributed by atoms with Crippen molar-refractivity contribution in [2.45, 2.75) is 13.0 Å². The summed E-state index contributed by atoms with van der Waals surface area (Å²) in [7, 11) is 4.04. The fourth-order valence-electron chi connectivity index (χ4n) is 1.90. The summed E-state index contributed by atoms with van der Waals surface area (Å²) in [5.41, 5.74) is 2.31. The summed E-state index contributed by atoms with van der Waals surface area (Å²) in [6, 6.07) is 5.66. The number of nitrogens with one attached hydrogen (secondary N) is 1. The number of carbonyl (C=O) groups is 1. The van der Waals surface area contributed by atoms with Crippen LogP contribution < -0.4 is 10.0 Å². The van der Waals surface area contributed by atoms with Gasteiger partial charge in [-0.2, -0.15) is 0 Å². The van der Waals surface area contributed by atoms with Gasteiger partial charge in [0, 0.05) is 18.6 Å². The molecule has 0 bridgehead atoms. The third-order valence-electron chi connectivity index (χ3n) is 2.54. The lowest BCUT2D eigenvalue weighted by atomic mass is 10.2. The Morgan fingerprint density at radius 1 is 1.47 bits per heavy atom. The van der Waals surface area contributed by atoms with Gasteiger partial charge in [0.15, 0.2) is 0 Å². The largest absolute Gasteiger partial charge is 0.550 e. The molecule has 0 fully saturated rings. The lowest BCUT2D eigenvalue weighted by molar-refractivity contribution is -0.873.